The minimum Gasteiger partial charge on any atom is -0.349 e. The van der Waals surface area contributed by atoms with Crippen LogP contribution in [0.15, 0.2) is 24.3 Å². The van der Waals surface area contributed by atoms with Gasteiger partial charge in [0, 0.05) is 16.6 Å². The summed E-state index contributed by atoms with van der Waals surface area (Å²) in [7, 11) is 0. The molecule has 1 amide bonds. The van der Waals surface area contributed by atoms with Crippen molar-refractivity contribution in [2.75, 3.05) is 13.1 Å². The lowest BCUT2D eigenvalue weighted by atomic mass is 9.95. The van der Waals surface area contributed by atoms with Crippen molar-refractivity contribution >= 4 is 17.5 Å². The maximum atomic E-state index is 12.0. The Morgan fingerprint density at radius 2 is 2.35 bits per heavy atom. The average molecular weight is 253 g/mol. The van der Waals surface area contributed by atoms with Gasteiger partial charge < -0.3 is 10.6 Å². The van der Waals surface area contributed by atoms with E-state index >= 15 is 0 Å². The van der Waals surface area contributed by atoms with Gasteiger partial charge in [-0.15, -0.1) is 0 Å². The van der Waals surface area contributed by atoms with E-state index in [-0.39, 0.29) is 11.9 Å². The zero-order valence-electron chi connectivity index (χ0n) is 9.87. The van der Waals surface area contributed by atoms with Gasteiger partial charge in [-0.05, 0) is 43.6 Å². The van der Waals surface area contributed by atoms with Crippen LogP contribution in [0.4, 0.5) is 0 Å². The molecular formula is C13H17ClN2O. The highest BCUT2D eigenvalue weighted by Gasteiger charge is 2.22. The number of rotatable bonds is 2. The van der Waals surface area contributed by atoms with Crippen molar-refractivity contribution in [3.05, 3.63) is 34.9 Å². The number of benzene rings is 1. The number of amides is 1. The summed E-state index contributed by atoms with van der Waals surface area (Å²) in [5, 5.41) is 6.98. The quantitative estimate of drug-likeness (QED) is 0.846. The van der Waals surface area contributed by atoms with Gasteiger partial charge in [-0.25, -0.2) is 0 Å². The lowest BCUT2D eigenvalue weighted by Crippen LogP contribution is -2.48. The Morgan fingerprint density at radius 1 is 1.53 bits per heavy atom. The van der Waals surface area contributed by atoms with E-state index in [4.69, 9.17) is 11.6 Å². The summed E-state index contributed by atoms with van der Waals surface area (Å²) < 4.78 is 0. The molecule has 2 N–H and O–H groups in total. The molecule has 3 nitrogen and oxygen atoms in total. The predicted molar refractivity (Wildman–Crippen MR) is 69.4 cm³/mol. The molecule has 0 bridgehead atoms. The molecule has 1 aliphatic rings. The lowest BCUT2D eigenvalue weighted by molar-refractivity contribution is 0.0914. The zero-order chi connectivity index (χ0) is 12.3. The summed E-state index contributed by atoms with van der Waals surface area (Å²) in [4.78, 5) is 12.0. The molecule has 1 aromatic carbocycles. The van der Waals surface area contributed by atoms with Crippen LogP contribution in [0.3, 0.4) is 0 Å². The van der Waals surface area contributed by atoms with Crippen LogP contribution in [0.5, 0.6) is 0 Å². The largest absolute Gasteiger partial charge is 0.349 e. The van der Waals surface area contributed by atoms with Crippen LogP contribution >= 0.6 is 11.6 Å². The summed E-state index contributed by atoms with van der Waals surface area (Å²) in [5.74, 6) is 0.429. The predicted octanol–water partition coefficient (Wildman–Crippen LogP) is 2.07. The third-order valence-electron chi connectivity index (χ3n) is 3.19. The fraction of sp³-hybridized carbons (Fsp3) is 0.462. The van der Waals surface area contributed by atoms with E-state index in [1.165, 1.54) is 0 Å². The molecule has 0 spiro atoms. The Bertz CT molecular complexity index is 408. The van der Waals surface area contributed by atoms with Gasteiger partial charge in [-0.3, -0.25) is 4.79 Å². The second-order valence-electron chi connectivity index (χ2n) is 4.56. The van der Waals surface area contributed by atoms with Crippen molar-refractivity contribution in [1.82, 2.24) is 10.6 Å². The Kier molecular flexibility index (Phi) is 4.02. The van der Waals surface area contributed by atoms with Gasteiger partial charge in [-0.1, -0.05) is 24.6 Å². The molecule has 2 atom stereocenters. The maximum Gasteiger partial charge on any atom is 0.251 e. The van der Waals surface area contributed by atoms with E-state index in [2.05, 4.69) is 17.6 Å². The first-order valence-electron chi connectivity index (χ1n) is 5.94. The van der Waals surface area contributed by atoms with Crippen molar-refractivity contribution < 1.29 is 4.79 Å². The van der Waals surface area contributed by atoms with E-state index in [1.54, 1.807) is 24.3 Å². The molecule has 1 aliphatic heterocycles. The smallest absolute Gasteiger partial charge is 0.251 e. The Hall–Kier alpha value is -1.06. The van der Waals surface area contributed by atoms with E-state index in [0.29, 0.717) is 16.5 Å². The SMILES string of the molecule is CC1CNCCC1NC(=O)c1cccc(Cl)c1. The van der Waals surface area contributed by atoms with Gasteiger partial charge in [0.05, 0.1) is 0 Å². The van der Waals surface area contributed by atoms with Crippen LogP contribution in [-0.2, 0) is 0 Å². The van der Waals surface area contributed by atoms with E-state index in [9.17, 15) is 4.79 Å². The van der Waals surface area contributed by atoms with E-state index < -0.39 is 0 Å². The molecule has 0 aromatic heterocycles. The average Bonchev–Trinajstić information content (AvgIpc) is 2.32. The number of piperidine rings is 1. The number of halogens is 1. The molecule has 2 rings (SSSR count). The summed E-state index contributed by atoms with van der Waals surface area (Å²) >= 11 is 5.87. The normalized spacial score (nSPS) is 24.4. The molecule has 1 aromatic rings. The van der Waals surface area contributed by atoms with Crippen molar-refractivity contribution in [1.29, 1.82) is 0 Å². The minimum atomic E-state index is -0.0359. The molecule has 4 heteroatoms. The van der Waals surface area contributed by atoms with Crippen molar-refractivity contribution in [2.45, 2.75) is 19.4 Å². The third-order valence-corrected chi connectivity index (χ3v) is 3.42. The third kappa shape index (κ3) is 3.20. The number of hydrogen-bond acceptors (Lipinski definition) is 2. The zero-order valence-corrected chi connectivity index (χ0v) is 10.6. The minimum absolute atomic E-state index is 0.0359. The highest BCUT2D eigenvalue weighted by molar-refractivity contribution is 6.30. The summed E-state index contributed by atoms with van der Waals surface area (Å²) in [6.45, 7) is 4.07. The molecule has 1 saturated heterocycles. The van der Waals surface area contributed by atoms with Gasteiger partial charge in [0.25, 0.3) is 5.91 Å². The molecule has 1 fully saturated rings. The standard InChI is InChI=1S/C13H17ClN2O/c1-9-8-15-6-5-12(9)16-13(17)10-3-2-4-11(14)7-10/h2-4,7,9,12,15H,5-6,8H2,1H3,(H,16,17). The Balaban J connectivity index is 2.01. The van der Waals surface area contributed by atoms with Crippen LogP contribution in [0, 0.1) is 5.92 Å². The van der Waals surface area contributed by atoms with E-state index in [1.807, 2.05) is 0 Å². The second kappa shape index (κ2) is 5.52. The van der Waals surface area contributed by atoms with Crippen LogP contribution in [0.2, 0.25) is 5.02 Å². The van der Waals surface area contributed by atoms with Crippen LogP contribution < -0.4 is 10.6 Å². The Labute approximate surface area is 107 Å². The van der Waals surface area contributed by atoms with Crippen LogP contribution in [0.25, 0.3) is 0 Å². The highest BCUT2D eigenvalue weighted by Crippen LogP contribution is 2.14. The molecule has 92 valence electrons. The van der Waals surface area contributed by atoms with E-state index in [0.717, 1.165) is 19.5 Å². The molecule has 0 radical (unpaired) electrons. The van der Waals surface area contributed by atoms with Crippen molar-refractivity contribution in [2.24, 2.45) is 5.92 Å². The van der Waals surface area contributed by atoms with Crippen LogP contribution in [0.1, 0.15) is 23.7 Å². The fourth-order valence-electron chi connectivity index (χ4n) is 2.11. The number of carbonyl (C=O) groups excluding carboxylic acids is 1. The monoisotopic (exact) mass is 252 g/mol. The molecule has 2 unspecified atom stereocenters. The Morgan fingerprint density at radius 3 is 3.06 bits per heavy atom. The van der Waals surface area contributed by atoms with Gasteiger partial charge >= 0.3 is 0 Å². The fourth-order valence-corrected chi connectivity index (χ4v) is 2.30. The van der Waals surface area contributed by atoms with Crippen molar-refractivity contribution in [3.8, 4) is 0 Å². The summed E-state index contributed by atoms with van der Waals surface area (Å²) in [6.07, 6.45) is 0.980. The first-order valence-corrected chi connectivity index (χ1v) is 6.32. The lowest BCUT2D eigenvalue weighted by Gasteiger charge is -2.30. The molecule has 0 aliphatic carbocycles. The number of hydrogen-bond donors (Lipinski definition) is 2. The first kappa shape index (κ1) is 12.4. The van der Waals surface area contributed by atoms with Gasteiger partial charge in [0.2, 0.25) is 0 Å². The maximum absolute atomic E-state index is 12.0. The summed E-state index contributed by atoms with van der Waals surface area (Å²) in [5.41, 5.74) is 0.628. The molecular weight excluding hydrogens is 236 g/mol. The molecule has 1 heterocycles. The number of nitrogens with one attached hydrogen (secondary N) is 2. The van der Waals surface area contributed by atoms with Gasteiger partial charge in [0.15, 0.2) is 0 Å². The summed E-state index contributed by atoms with van der Waals surface area (Å²) in [6, 6.07) is 7.30. The van der Waals surface area contributed by atoms with Gasteiger partial charge in [-0.2, -0.15) is 0 Å². The highest BCUT2D eigenvalue weighted by atomic mass is 35.5. The van der Waals surface area contributed by atoms with Gasteiger partial charge in [0.1, 0.15) is 0 Å². The first-order chi connectivity index (χ1) is 8.16. The second-order valence-corrected chi connectivity index (χ2v) is 5.00. The molecule has 17 heavy (non-hydrogen) atoms. The van der Waals surface area contributed by atoms with Crippen LogP contribution in [-0.4, -0.2) is 25.0 Å². The van der Waals surface area contributed by atoms with Crippen molar-refractivity contribution in [3.63, 3.8) is 0 Å². The number of carbonyl (C=O) groups is 1. The molecule has 0 saturated carbocycles. The topological polar surface area (TPSA) is 41.1 Å².